The molecule has 0 radical (unpaired) electrons. The maximum Gasteiger partial charge on any atom is 2.00 e. The second kappa shape index (κ2) is 21.7. The fourth-order valence-corrected chi connectivity index (χ4v) is 8.24. The van der Waals surface area contributed by atoms with Gasteiger partial charge in [-0.2, -0.15) is 0 Å². The van der Waals surface area contributed by atoms with Gasteiger partial charge in [0.2, 0.25) is 0 Å². The molecule has 0 saturated carbocycles. The van der Waals surface area contributed by atoms with Gasteiger partial charge in [-0.25, -0.2) is 4.79 Å². The van der Waals surface area contributed by atoms with Crippen LogP contribution in [0.4, 0.5) is 15.5 Å². The Hall–Kier alpha value is -4.76. The predicted molar refractivity (Wildman–Crippen MR) is 217 cm³/mol. The number of likely N-dealkylation sites (N-methyl/N-ethyl adjacent to an activating group) is 1. The minimum absolute atomic E-state index is 0. The number of aryl methyl sites for hydroxylation is 3. The monoisotopic (exact) mass is 804 g/mol. The van der Waals surface area contributed by atoms with Crippen LogP contribution in [-0.4, -0.2) is 95.5 Å². The van der Waals surface area contributed by atoms with Gasteiger partial charge in [-0.3, -0.25) is 14.5 Å². The first-order valence-corrected chi connectivity index (χ1v) is 19.8. The average molecular weight is 805 g/mol. The van der Waals surface area contributed by atoms with E-state index in [-0.39, 0.29) is 46.5 Å². The number of anilines is 2. The van der Waals surface area contributed by atoms with Gasteiger partial charge in [0.15, 0.2) is 0 Å². The zero-order valence-corrected chi connectivity index (χ0v) is 35.0. The molecule has 0 atom stereocenters. The summed E-state index contributed by atoms with van der Waals surface area (Å²) in [6.45, 7) is 4.72. The van der Waals surface area contributed by atoms with Crippen molar-refractivity contribution in [2.75, 3.05) is 37.4 Å². The normalized spacial score (nSPS) is 12.0. The number of amides is 3. The fraction of sp³-hybridized carbons (Fsp3) is 0.372. The molecule has 0 bridgehead atoms. The number of carboxylic acids is 2. The number of carbonyl (C=O) groups is 5. The number of ether oxygens (including phenoxy) is 1. The number of fused-ring (bicyclic) bond motifs is 1. The zero-order valence-electron chi connectivity index (χ0n) is 32.8. The summed E-state index contributed by atoms with van der Waals surface area (Å²) in [7, 11) is 1.55. The van der Waals surface area contributed by atoms with Crippen molar-refractivity contribution in [1.82, 2.24) is 9.80 Å². The minimum atomic E-state index is -1.47. The van der Waals surface area contributed by atoms with E-state index in [4.69, 9.17) is 4.74 Å². The number of carboxylic acid groups (broad SMARTS) is 2. The van der Waals surface area contributed by atoms with Gasteiger partial charge in [-0.05, 0) is 103 Å². The molecular weight excluding hydrogens is 757 g/mol. The van der Waals surface area contributed by atoms with Gasteiger partial charge in [-0.1, -0.05) is 62.4 Å². The summed E-state index contributed by atoms with van der Waals surface area (Å²) in [4.78, 5) is 66.4. The number of aliphatic carboxylic acids is 1. The average Bonchev–Trinajstić information content (AvgIpc) is 3.57. The molecule has 0 saturated heterocycles. The Kier molecular flexibility index (Phi) is 17.1. The number of hydrogen-bond acceptors (Lipinski definition) is 10. The molecule has 0 unspecified atom stereocenters. The Morgan fingerprint density at radius 2 is 1.44 bits per heavy atom. The third-order valence-corrected chi connectivity index (χ3v) is 11.3. The number of rotatable bonds is 18. The van der Waals surface area contributed by atoms with Gasteiger partial charge in [0, 0.05) is 48.9 Å². The van der Waals surface area contributed by atoms with Gasteiger partial charge >= 0.3 is 29.1 Å². The van der Waals surface area contributed by atoms with Crippen molar-refractivity contribution >= 4 is 74.9 Å². The van der Waals surface area contributed by atoms with Crippen molar-refractivity contribution < 1.29 is 38.9 Å². The Bertz CT molecular complexity index is 2010. The molecule has 2 N–H and O–H groups in total. The molecule has 1 aliphatic rings. The molecule has 5 rings (SSSR count). The van der Waals surface area contributed by atoms with Crippen molar-refractivity contribution in [1.29, 1.82) is 0 Å². The molecule has 296 valence electrons. The van der Waals surface area contributed by atoms with Crippen LogP contribution in [-0.2, 0) is 41.8 Å². The van der Waals surface area contributed by atoms with Crippen LogP contribution in [0, 0.1) is 0 Å². The van der Waals surface area contributed by atoms with E-state index in [2.05, 4.69) is 29.4 Å². The minimum Gasteiger partial charge on any atom is -0.546 e. The molecule has 0 aliphatic heterocycles. The Morgan fingerprint density at radius 3 is 2.07 bits per heavy atom. The molecule has 3 amide bonds. The molecule has 14 heteroatoms. The Morgan fingerprint density at radius 1 is 0.789 bits per heavy atom. The SMILES string of the molecule is CCC(CC)N(CCN(C)C(=O)OCC(=O)[O-])Cc1cccc(C(=O)Nc2sc3c(c2C(=O)Nc2ccc(CCc4ccc(C(=O)[O-])cc4)cc2)CCCC3)c1.[Mg+2]. The number of aromatic carboxylic acids is 1. The molecule has 0 spiro atoms. The van der Waals surface area contributed by atoms with Gasteiger partial charge in [-0.15, -0.1) is 11.3 Å². The van der Waals surface area contributed by atoms with Crippen LogP contribution in [0.1, 0.15) is 97.7 Å². The number of nitrogens with one attached hydrogen (secondary N) is 2. The van der Waals surface area contributed by atoms with E-state index >= 15 is 0 Å². The summed E-state index contributed by atoms with van der Waals surface area (Å²) in [5.74, 6) is -3.26. The summed E-state index contributed by atoms with van der Waals surface area (Å²) < 4.78 is 4.76. The van der Waals surface area contributed by atoms with Crippen LogP contribution in [0.2, 0.25) is 0 Å². The van der Waals surface area contributed by atoms with Crippen LogP contribution in [0.25, 0.3) is 0 Å². The third-order valence-electron chi connectivity index (χ3n) is 10.1. The first kappa shape index (κ1) is 44.9. The first-order chi connectivity index (χ1) is 26.9. The van der Waals surface area contributed by atoms with Crippen LogP contribution in [0.15, 0.2) is 72.8 Å². The third kappa shape index (κ3) is 12.6. The van der Waals surface area contributed by atoms with E-state index < -0.39 is 24.6 Å². The van der Waals surface area contributed by atoms with Crippen molar-refractivity contribution in [3.63, 3.8) is 0 Å². The molecule has 1 heterocycles. The van der Waals surface area contributed by atoms with E-state index in [0.717, 1.165) is 78.5 Å². The van der Waals surface area contributed by atoms with Gasteiger partial charge in [0.25, 0.3) is 11.8 Å². The molecule has 1 aromatic heterocycles. The second-order valence-electron chi connectivity index (χ2n) is 14.0. The van der Waals surface area contributed by atoms with Crippen LogP contribution < -0.4 is 20.8 Å². The summed E-state index contributed by atoms with van der Waals surface area (Å²) in [6, 6.07) is 21.9. The van der Waals surface area contributed by atoms with Crippen molar-refractivity contribution in [3.05, 3.63) is 117 Å². The Balaban J connectivity index is 0.00000720. The molecule has 0 fully saturated rings. The van der Waals surface area contributed by atoms with E-state index in [1.165, 1.54) is 16.2 Å². The van der Waals surface area contributed by atoms with E-state index in [0.29, 0.717) is 41.4 Å². The summed E-state index contributed by atoms with van der Waals surface area (Å²) in [5, 5.41) is 28.4. The maximum absolute atomic E-state index is 13.9. The molecule has 57 heavy (non-hydrogen) atoms. The van der Waals surface area contributed by atoms with E-state index in [1.807, 2.05) is 42.5 Å². The smallest absolute Gasteiger partial charge is 0.546 e. The molecule has 12 nitrogen and oxygen atoms in total. The van der Waals surface area contributed by atoms with Crippen LogP contribution in [0.5, 0.6) is 0 Å². The second-order valence-corrected chi connectivity index (χ2v) is 15.1. The summed E-state index contributed by atoms with van der Waals surface area (Å²) >= 11 is 1.46. The molecule has 4 aromatic rings. The first-order valence-electron chi connectivity index (χ1n) is 19.0. The zero-order chi connectivity index (χ0) is 40.2. The van der Waals surface area contributed by atoms with Gasteiger partial charge in [0.1, 0.15) is 11.6 Å². The van der Waals surface area contributed by atoms with Crippen LogP contribution >= 0.6 is 11.3 Å². The van der Waals surface area contributed by atoms with Crippen molar-refractivity contribution in [2.45, 2.75) is 77.8 Å². The molecular formula is C43H48MgN4O8S. The summed E-state index contributed by atoms with van der Waals surface area (Å²) in [5.41, 5.74) is 5.72. The number of thiophene rings is 1. The predicted octanol–water partition coefficient (Wildman–Crippen LogP) is 4.71. The Labute approximate surface area is 353 Å². The largest absolute Gasteiger partial charge is 2.00 e. The standard InChI is InChI=1S/C43H50N4O8S.Mg/c1-4-34(5-2)47(24-23-46(3)43(54)55-27-37(48)49)26-30-9-8-10-32(25-30)39(50)45-41-38(35-11-6-7-12-36(35)56-41)40(51)44-33-21-17-29(18-22-33)14-13-28-15-19-31(20-16-28)42(52)53;/h8-10,15-22,25,34H,4-7,11-14,23-24,26-27H2,1-3H3,(H,44,51)(H,45,50)(H,48,49)(H,52,53);/q;+2/p-2. The topological polar surface area (TPSA) is 171 Å². The van der Waals surface area contributed by atoms with Gasteiger partial charge in [0.05, 0.1) is 17.5 Å². The maximum atomic E-state index is 13.9. The molecule has 3 aromatic carbocycles. The number of hydrogen-bond donors (Lipinski definition) is 2. The van der Waals surface area contributed by atoms with Crippen molar-refractivity contribution in [3.8, 4) is 0 Å². The number of nitrogens with zero attached hydrogens (tertiary/aromatic N) is 2. The fourth-order valence-electron chi connectivity index (χ4n) is 6.96. The van der Waals surface area contributed by atoms with Gasteiger partial charge < -0.3 is 40.1 Å². The molecule has 1 aliphatic carbocycles. The van der Waals surface area contributed by atoms with Crippen LogP contribution in [0.3, 0.4) is 0 Å². The summed E-state index contributed by atoms with van der Waals surface area (Å²) in [6.07, 6.45) is 6.08. The van der Waals surface area contributed by atoms with Crippen molar-refractivity contribution in [2.24, 2.45) is 0 Å². The number of carbonyl (C=O) groups excluding carboxylic acids is 5. The number of benzene rings is 3. The van der Waals surface area contributed by atoms with E-state index in [9.17, 15) is 34.2 Å². The quantitative estimate of drug-likeness (QED) is 0.135. The van der Waals surface area contributed by atoms with E-state index in [1.54, 1.807) is 37.4 Å².